The first kappa shape index (κ1) is 18.2. The SMILES string of the molecule is CC1CCC2(C)C(CCC3C4CC=C(c5cncc(Cl)c5)C4(C)CCC32)C1. The van der Waals surface area contributed by atoms with E-state index in [1.165, 1.54) is 62.5 Å². The average molecular weight is 384 g/mol. The zero-order chi connectivity index (χ0) is 18.8. The lowest BCUT2D eigenvalue weighted by atomic mass is 9.44. The van der Waals surface area contributed by atoms with E-state index in [0.717, 1.165) is 34.6 Å². The van der Waals surface area contributed by atoms with Crippen LogP contribution >= 0.6 is 11.6 Å². The highest BCUT2D eigenvalue weighted by atomic mass is 35.5. The van der Waals surface area contributed by atoms with Gasteiger partial charge in [0.05, 0.1) is 5.02 Å². The van der Waals surface area contributed by atoms with Gasteiger partial charge in [-0.1, -0.05) is 44.9 Å². The van der Waals surface area contributed by atoms with E-state index in [0.29, 0.717) is 10.8 Å². The Labute approximate surface area is 170 Å². The maximum atomic E-state index is 6.27. The number of allylic oxidation sites excluding steroid dienone is 2. The summed E-state index contributed by atoms with van der Waals surface area (Å²) in [6.07, 6.45) is 17.7. The zero-order valence-corrected chi connectivity index (χ0v) is 17.9. The molecule has 1 heterocycles. The van der Waals surface area contributed by atoms with Crippen LogP contribution in [-0.4, -0.2) is 4.98 Å². The smallest absolute Gasteiger partial charge is 0.0595 e. The van der Waals surface area contributed by atoms with Crippen LogP contribution in [0.4, 0.5) is 0 Å². The molecule has 0 saturated heterocycles. The molecule has 27 heavy (non-hydrogen) atoms. The van der Waals surface area contributed by atoms with Crippen molar-refractivity contribution in [3.63, 3.8) is 0 Å². The number of halogens is 1. The van der Waals surface area contributed by atoms with E-state index in [1.54, 1.807) is 6.20 Å². The molecule has 0 radical (unpaired) electrons. The second-order valence-electron chi connectivity index (χ2n) is 10.7. The van der Waals surface area contributed by atoms with Crippen LogP contribution in [0.1, 0.15) is 77.7 Å². The fourth-order valence-electron chi connectivity index (χ4n) is 8.05. The Hall–Kier alpha value is -0.820. The van der Waals surface area contributed by atoms with Gasteiger partial charge in [0, 0.05) is 12.4 Å². The van der Waals surface area contributed by atoms with Crippen molar-refractivity contribution < 1.29 is 0 Å². The monoisotopic (exact) mass is 383 g/mol. The second kappa shape index (κ2) is 6.34. The van der Waals surface area contributed by atoms with Crippen LogP contribution in [0.15, 0.2) is 24.5 Å². The normalized spacial score (nSPS) is 46.2. The molecule has 0 bridgehead atoms. The number of pyridine rings is 1. The first-order valence-electron chi connectivity index (χ1n) is 11.2. The molecule has 146 valence electrons. The highest BCUT2D eigenvalue weighted by molar-refractivity contribution is 6.30. The van der Waals surface area contributed by atoms with E-state index < -0.39 is 0 Å². The van der Waals surface area contributed by atoms with Gasteiger partial charge in [-0.15, -0.1) is 0 Å². The summed E-state index contributed by atoms with van der Waals surface area (Å²) >= 11 is 6.27. The van der Waals surface area contributed by atoms with Gasteiger partial charge in [-0.2, -0.15) is 0 Å². The van der Waals surface area contributed by atoms with Crippen LogP contribution in [0, 0.1) is 40.4 Å². The van der Waals surface area contributed by atoms with Crippen molar-refractivity contribution in [1.82, 2.24) is 4.98 Å². The Bertz CT molecular complexity index is 769. The van der Waals surface area contributed by atoms with Crippen molar-refractivity contribution in [2.75, 3.05) is 0 Å². The standard InChI is InChI=1S/C25H34ClN/c1-16-8-10-24(2)18(12-16)4-5-20-22-7-6-21(17-13-19(26)15-27-14-17)25(22,3)11-9-23(20)24/h6,13-16,18,20,22-23H,4-5,7-12H2,1-3H3. The predicted octanol–water partition coefficient (Wildman–Crippen LogP) is 7.41. The molecule has 7 unspecified atom stereocenters. The van der Waals surface area contributed by atoms with Crippen LogP contribution in [-0.2, 0) is 0 Å². The van der Waals surface area contributed by atoms with Gasteiger partial charge in [-0.25, -0.2) is 0 Å². The fourth-order valence-corrected chi connectivity index (χ4v) is 8.22. The lowest BCUT2D eigenvalue weighted by molar-refractivity contribution is -0.103. The summed E-state index contributed by atoms with van der Waals surface area (Å²) < 4.78 is 0. The minimum absolute atomic E-state index is 0.318. The van der Waals surface area contributed by atoms with Gasteiger partial charge in [0.25, 0.3) is 0 Å². The van der Waals surface area contributed by atoms with Crippen molar-refractivity contribution in [3.05, 3.63) is 35.1 Å². The van der Waals surface area contributed by atoms with E-state index >= 15 is 0 Å². The molecular weight excluding hydrogens is 350 g/mol. The van der Waals surface area contributed by atoms with Gasteiger partial charge in [-0.05, 0) is 103 Å². The van der Waals surface area contributed by atoms with E-state index in [9.17, 15) is 0 Å². The summed E-state index contributed by atoms with van der Waals surface area (Å²) in [6, 6.07) is 2.13. The summed E-state index contributed by atoms with van der Waals surface area (Å²) in [7, 11) is 0. The Morgan fingerprint density at radius 2 is 1.89 bits per heavy atom. The first-order valence-corrected chi connectivity index (χ1v) is 11.6. The van der Waals surface area contributed by atoms with Crippen molar-refractivity contribution in [2.45, 2.75) is 72.1 Å². The van der Waals surface area contributed by atoms with Crippen LogP contribution in [0.5, 0.6) is 0 Å². The third-order valence-corrected chi connectivity index (χ3v) is 9.73. The van der Waals surface area contributed by atoms with Gasteiger partial charge in [0.1, 0.15) is 0 Å². The van der Waals surface area contributed by atoms with Crippen LogP contribution in [0.25, 0.3) is 5.57 Å². The molecular formula is C25H34ClN. The molecule has 3 fully saturated rings. The summed E-state index contributed by atoms with van der Waals surface area (Å²) in [4.78, 5) is 4.38. The molecule has 0 amide bonds. The van der Waals surface area contributed by atoms with E-state index in [1.807, 2.05) is 6.20 Å². The molecule has 0 spiro atoms. The maximum Gasteiger partial charge on any atom is 0.0595 e. The third-order valence-electron chi connectivity index (χ3n) is 9.52. The topological polar surface area (TPSA) is 12.9 Å². The Balaban J connectivity index is 1.44. The Kier molecular flexibility index (Phi) is 4.28. The lowest BCUT2D eigenvalue weighted by Crippen LogP contribution is -2.52. The zero-order valence-electron chi connectivity index (χ0n) is 17.2. The molecule has 0 aliphatic heterocycles. The second-order valence-corrected chi connectivity index (χ2v) is 11.2. The predicted molar refractivity (Wildman–Crippen MR) is 113 cm³/mol. The van der Waals surface area contributed by atoms with Crippen molar-refractivity contribution in [2.24, 2.45) is 40.4 Å². The Morgan fingerprint density at radius 3 is 2.70 bits per heavy atom. The summed E-state index contributed by atoms with van der Waals surface area (Å²) in [5, 5.41) is 0.762. The van der Waals surface area contributed by atoms with Gasteiger partial charge >= 0.3 is 0 Å². The van der Waals surface area contributed by atoms with Crippen molar-refractivity contribution in [1.29, 1.82) is 0 Å². The lowest BCUT2D eigenvalue weighted by Gasteiger charge is -2.61. The molecule has 4 aliphatic rings. The molecule has 4 aliphatic carbocycles. The number of hydrogen-bond acceptors (Lipinski definition) is 1. The van der Waals surface area contributed by atoms with E-state index in [4.69, 9.17) is 11.6 Å². The molecule has 1 aromatic heterocycles. The molecule has 7 atom stereocenters. The molecule has 3 saturated carbocycles. The van der Waals surface area contributed by atoms with Crippen LogP contribution in [0.3, 0.4) is 0 Å². The number of nitrogens with zero attached hydrogens (tertiary/aromatic N) is 1. The third kappa shape index (κ3) is 2.67. The van der Waals surface area contributed by atoms with Crippen molar-refractivity contribution >= 4 is 17.2 Å². The minimum Gasteiger partial charge on any atom is -0.263 e. The molecule has 1 nitrogen and oxygen atoms in total. The van der Waals surface area contributed by atoms with Gasteiger partial charge in [0.2, 0.25) is 0 Å². The van der Waals surface area contributed by atoms with E-state index in [2.05, 4.69) is 37.9 Å². The van der Waals surface area contributed by atoms with Gasteiger partial charge < -0.3 is 0 Å². The van der Waals surface area contributed by atoms with Gasteiger partial charge in [-0.3, -0.25) is 4.98 Å². The van der Waals surface area contributed by atoms with E-state index in [-0.39, 0.29) is 0 Å². The molecule has 2 heteroatoms. The highest BCUT2D eigenvalue weighted by Gasteiger charge is 2.58. The first-order chi connectivity index (χ1) is 12.9. The van der Waals surface area contributed by atoms with Crippen LogP contribution < -0.4 is 0 Å². The van der Waals surface area contributed by atoms with Crippen LogP contribution in [0.2, 0.25) is 5.02 Å². The summed E-state index contributed by atoms with van der Waals surface area (Å²) in [5.74, 6) is 4.62. The van der Waals surface area contributed by atoms with Gasteiger partial charge in [0.15, 0.2) is 0 Å². The highest BCUT2D eigenvalue weighted by Crippen LogP contribution is 2.67. The Morgan fingerprint density at radius 1 is 1.04 bits per heavy atom. The maximum absolute atomic E-state index is 6.27. The largest absolute Gasteiger partial charge is 0.263 e. The summed E-state index contributed by atoms with van der Waals surface area (Å²) in [5.41, 5.74) is 3.72. The number of aromatic nitrogens is 1. The molecule has 0 aromatic carbocycles. The molecule has 5 rings (SSSR count). The minimum atomic E-state index is 0.318. The number of rotatable bonds is 1. The fraction of sp³-hybridized carbons (Fsp3) is 0.720. The van der Waals surface area contributed by atoms with Crippen molar-refractivity contribution in [3.8, 4) is 0 Å². The number of hydrogen-bond donors (Lipinski definition) is 0. The molecule has 1 aromatic rings. The number of fused-ring (bicyclic) bond motifs is 5. The average Bonchev–Trinajstić information content (AvgIpc) is 2.99. The quantitative estimate of drug-likeness (QED) is 0.492. The molecule has 0 N–H and O–H groups in total. The summed E-state index contributed by atoms with van der Waals surface area (Å²) in [6.45, 7) is 7.70.